The smallest absolute Gasteiger partial charge is 0.435 e. The predicted molar refractivity (Wildman–Crippen MR) is 154 cm³/mol. The number of carboxylic acids is 1. The second-order valence-electron chi connectivity index (χ2n) is 9.02. The lowest BCUT2D eigenvalue weighted by Crippen LogP contribution is -2.33. The molecule has 15 heteroatoms. The van der Waals surface area contributed by atoms with Crippen molar-refractivity contribution in [2.24, 2.45) is 16.6 Å². The summed E-state index contributed by atoms with van der Waals surface area (Å²) in [5.41, 5.74) is 12.0. The van der Waals surface area contributed by atoms with E-state index in [2.05, 4.69) is 16.2 Å². The number of carboxylic acid groups (broad SMARTS) is 1. The molecule has 0 aromatic heterocycles. The molecule has 234 valence electrons. The number of alkyl halides is 2. The van der Waals surface area contributed by atoms with E-state index in [-0.39, 0.29) is 24.7 Å². The summed E-state index contributed by atoms with van der Waals surface area (Å²) in [5, 5.41) is 13.9. The zero-order valence-corrected chi connectivity index (χ0v) is 24.9. The van der Waals surface area contributed by atoms with Crippen molar-refractivity contribution in [2.45, 2.75) is 52.9 Å². The number of primary amides is 1. The molecular formula is C26H45F2N7O6. The van der Waals surface area contributed by atoms with E-state index in [9.17, 15) is 28.0 Å². The van der Waals surface area contributed by atoms with Crippen LogP contribution < -0.4 is 21.7 Å². The molecule has 1 aliphatic heterocycles. The van der Waals surface area contributed by atoms with Gasteiger partial charge in [-0.25, -0.2) is 18.4 Å². The molecule has 0 unspecified atom stereocenters. The first-order valence-corrected chi connectivity index (χ1v) is 12.9. The minimum atomic E-state index is -2.50. The summed E-state index contributed by atoms with van der Waals surface area (Å²) >= 11 is 0. The van der Waals surface area contributed by atoms with Crippen LogP contribution >= 0.6 is 0 Å². The Morgan fingerprint density at radius 3 is 2.05 bits per heavy atom. The standard InChI is InChI=1S/C17H25N5O3.C4H8N2O3.C3H6F2.C2H6/c1-20(2)11-12-21(3)17(24)25-19-16(18)13-6-8-14(9-7-13)22-10-4-5-15(22)23;5-4(9)6-2-1-3(7)8;1-3(2,4)5;1-2/h6-9H,4-5,10-12H2,1-3H3,(H2,18,19);1-2H2,(H,7,8)(H3,5,6,9);1-2H3;1-2H3. The van der Waals surface area contributed by atoms with Crippen LogP contribution in [0.2, 0.25) is 0 Å². The molecule has 13 nitrogen and oxygen atoms in total. The average molecular weight is 590 g/mol. The molecule has 1 aromatic rings. The molecule has 1 aromatic carbocycles. The summed E-state index contributed by atoms with van der Waals surface area (Å²) in [6.07, 6.45) is 0.802. The molecule has 1 fully saturated rings. The number of oxime groups is 1. The molecule has 0 spiro atoms. The molecule has 1 heterocycles. The summed E-state index contributed by atoms with van der Waals surface area (Å²) in [6, 6.07) is 6.43. The number of halogens is 2. The summed E-state index contributed by atoms with van der Waals surface area (Å²) < 4.78 is 22.0. The second-order valence-corrected chi connectivity index (χ2v) is 9.02. The zero-order chi connectivity index (χ0) is 32.2. The largest absolute Gasteiger partial charge is 0.481 e. The van der Waals surface area contributed by atoms with Crippen molar-refractivity contribution in [1.82, 2.24) is 15.1 Å². The molecule has 4 amide bonds. The van der Waals surface area contributed by atoms with E-state index >= 15 is 0 Å². The molecular weight excluding hydrogens is 544 g/mol. The van der Waals surface area contributed by atoms with Gasteiger partial charge in [0.1, 0.15) is 0 Å². The first-order chi connectivity index (χ1) is 19.0. The van der Waals surface area contributed by atoms with Gasteiger partial charge in [0.05, 0.1) is 6.42 Å². The number of amides is 4. The SMILES string of the molecule is CC.CC(C)(F)F.CN(C)CCN(C)C(=O)O/N=C(\N)c1ccc(N2CCCC2=O)cc1.NC(=O)NCCC(=O)O. The number of hydrogen-bond donors (Lipinski definition) is 4. The van der Waals surface area contributed by atoms with Crippen molar-refractivity contribution < 1.29 is 37.9 Å². The molecule has 1 saturated heterocycles. The lowest BCUT2D eigenvalue weighted by atomic mass is 10.2. The highest BCUT2D eigenvalue weighted by atomic mass is 19.3. The van der Waals surface area contributed by atoms with Crippen molar-refractivity contribution in [2.75, 3.05) is 52.2 Å². The van der Waals surface area contributed by atoms with E-state index < -0.39 is 24.0 Å². The highest BCUT2D eigenvalue weighted by molar-refractivity contribution is 5.99. The topological polar surface area (TPSA) is 184 Å². The fraction of sp³-hybridized carbons (Fsp3) is 0.577. The highest BCUT2D eigenvalue weighted by Gasteiger charge is 2.21. The maximum Gasteiger partial charge on any atom is 0.435 e. The Labute approximate surface area is 240 Å². The molecule has 0 saturated carbocycles. The van der Waals surface area contributed by atoms with Gasteiger partial charge in [0.2, 0.25) is 11.8 Å². The maximum atomic E-state index is 11.8. The fourth-order valence-corrected chi connectivity index (χ4v) is 2.68. The van der Waals surface area contributed by atoms with Crippen LogP contribution in [0.4, 0.5) is 24.1 Å². The Bertz CT molecular complexity index is 950. The average Bonchev–Trinajstić information content (AvgIpc) is 3.31. The Kier molecular flexibility index (Phi) is 19.9. The van der Waals surface area contributed by atoms with Gasteiger partial charge in [-0.2, -0.15) is 0 Å². The number of nitrogens with zero attached hydrogens (tertiary/aromatic N) is 4. The van der Waals surface area contributed by atoms with Crippen molar-refractivity contribution in [3.63, 3.8) is 0 Å². The normalized spacial score (nSPS) is 12.6. The summed E-state index contributed by atoms with van der Waals surface area (Å²) in [5.74, 6) is -3.22. The lowest BCUT2D eigenvalue weighted by molar-refractivity contribution is -0.136. The van der Waals surface area contributed by atoms with Crippen LogP contribution in [0.25, 0.3) is 0 Å². The summed E-state index contributed by atoms with van der Waals surface area (Å²) in [6.45, 7) is 7.78. The van der Waals surface area contributed by atoms with Gasteiger partial charge < -0.3 is 36.6 Å². The number of carbonyl (C=O) groups is 4. The third-order valence-corrected chi connectivity index (χ3v) is 4.60. The number of nitrogens with two attached hydrogens (primary N) is 2. The molecule has 0 bridgehead atoms. The second kappa shape index (κ2) is 20.8. The number of carbonyl (C=O) groups excluding carboxylic acids is 3. The lowest BCUT2D eigenvalue weighted by Gasteiger charge is -2.17. The van der Waals surface area contributed by atoms with Crippen LogP contribution in [0, 0.1) is 0 Å². The quantitative estimate of drug-likeness (QED) is 0.147. The number of nitrogens with one attached hydrogen (secondary N) is 1. The van der Waals surface area contributed by atoms with Crippen LogP contribution in [-0.2, 0) is 14.4 Å². The van der Waals surface area contributed by atoms with Crippen molar-refractivity contribution in [1.29, 1.82) is 0 Å². The van der Waals surface area contributed by atoms with Gasteiger partial charge in [-0.05, 0) is 58.6 Å². The Hall–Kier alpha value is -4.01. The number of urea groups is 1. The molecule has 41 heavy (non-hydrogen) atoms. The van der Waals surface area contributed by atoms with Gasteiger partial charge in [-0.3, -0.25) is 14.4 Å². The number of benzene rings is 1. The number of anilines is 1. The molecule has 2 rings (SSSR count). The van der Waals surface area contributed by atoms with Crippen molar-refractivity contribution in [3.8, 4) is 0 Å². The fourth-order valence-electron chi connectivity index (χ4n) is 2.68. The molecule has 0 radical (unpaired) electrons. The van der Waals surface area contributed by atoms with Crippen LogP contribution in [-0.4, -0.2) is 98.0 Å². The van der Waals surface area contributed by atoms with E-state index in [4.69, 9.17) is 15.7 Å². The number of likely N-dealkylation sites (N-methyl/N-ethyl adjacent to an activating group) is 2. The summed E-state index contributed by atoms with van der Waals surface area (Å²) in [7, 11) is 5.49. The van der Waals surface area contributed by atoms with E-state index in [1.807, 2.05) is 45.0 Å². The number of hydrogen-bond acceptors (Lipinski definition) is 7. The predicted octanol–water partition coefficient (Wildman–Crippen LogP) is 2.88. The number of amidine groups is 1. The molecule has 0 aliphatic carbocycles. The van der Waals surface area contributed by atoms with E-state index in [0.29, 0.717) is 18.5 Å². The van der Waals surface area contributed by atoms with Crippen LogP contribution in [0.5, 0.6) is 0 Å². The summed E-state index contributed by atoms with van der Waals surface area (Å²) in [4.78, 5) is 53.3. The molecule has 1 aliphatic rings. The molecule has 6 N–H and O–H groups in total. The van der Waals surface area contributed by atoms with Gasteiger partial charge in [-0.15, -0.1) is 0 Å². The molecule has 0 atom stereocenters. The zero-order valence-electron chi connectivity index (χ0n) is 24.9. The Morgan fingerprint density at radius 1 is 1.10 bits per heavy atom. The number of aliphatic carboxylic acids is 1. The number of rotatable bonds is 9. The van der Waals surface area contributed by atoms with Gasteiger partial charge in [0.25, 0.3) is 0 Å². The minimum Gasteiger partial charge on any atom is -0.481 e. The van der Waals surface area contributed by atoms with Gasteiger partial charge >= 0.3 is 18.1 Å². The minimum absolute atomic E-state index is 0.0880. The maximum absolute atomic E-state index is 11.8. The third kappa shape index (κ3) is 21.5. The van der Waals surface area contributed by atoms with Crippen LogP contribution in [0.1, 0.15) is 52.5 Å². The van der Waals surface area contributed by atoms with Gasteiger partial charge in [-0.1, -0.05) is 19.0 Å². The highest BCUT2D eigenvalue weighted by Crippen LogP contribution is 2.21. The van der Waals surface area contributed by atoms with Crippen LogP contribution in [0.3, 0.4) is 0 Å². The van der Waals surface area contributed by atoms with E-state index in [1.54, 1.807) is 24.1 Å². The van der Waals surface area contributed by atoms with E-state index in [1.165, 1.54) is 4.90 Å². The van der Waals surface area contributed by atoms with Gasteiger partial charge in [0.15, 0.2) is 5.84 Å². The van der Waals surface area contributed by atoms with Gasteiger partial charge in [0, 0.05) is 50.9 Å². The third-order valence-electron chi connectivity index (χ3n) is 4.60. The Morgan fingerprint density at radius 2 is 1.63 bits per heavy atom. The first-order valence-electron chi connectivity index (χ1n) is 12.9. The monoisotopic (exact) mass is 589 g/mol. The Balaban J connectivity index is 0. The van der Waals surface area contributed by atoms with Crippen molar-refractivity contribution >= 4 is 35.5 Å². The van der Waals surface area contributed by atoms with Crippen LogP contribution in [0.15, 0.2) is 29.4 Å². The first kappa shape index (κ1) is 39.1. The van der Waals surface area contributed by atoms with Crippen molar-refractivity contribution in [3.05, 3.63) is 29.8 Å². The van der Waals surface area contributed by atoms with E-state index in [0.717, 1.165) is 39.0 Å².